The van der Waals surface area contributed by atoms with Crippen LogP contribution in [0.2, 0.25) is 0 Å². The minimum atomic E-state index is -2.42. The fraction of sp³-hybridized carbons (Fsp3) is 0.417. The largest absolute Gasteiger partial charge is 0.466 e. The quantitative estimate of drug-likeness (QED) is 0.480. The molecule has 96 valence electrons. The van der Waals surface area contributed by atoms with Crippen LogP contribution in [-0.4, -0.2) is 29.3 Å². The summed E-state index contributed by atoms with van der Waals surface area (Å²) in [6.07, 6.45) is 3.50. The third-order valence-electron chi connectivity index (χ3n) is 2.33. The van der Waals surface area contributed by atoms with Gasteiger partial charge >= 0.3 is 5.97 Å². The molecule has 0 unspecified atom stereocenters. The lowest BCUT2D eigenvalue weighted by atomic mass is 10.1. The van der Waals surface area contributed by atoms with Gasteiger partial charge in [-0.05, 0) is 37.1 Å². The lowest BCUT2D eigenvalue weighted by Gasteiger charge is -2.16. The van der Waals surface area contributed by atoms with Crippen LogP contribution in [0, 0.1) is 0 Å². The maximum absolute atomic E-state index is 12.0. The molecule has 0 bridgehead atoms. The van der Waals surface area contributed by atoms with Gasteiger partial charge in [0, 0.05) is 10.6 Å². The molecule has 0 saturated carbocycles. The summed E-state index contributed by atoms with van der Waals surface area (Å²) < 4.78 is 16.9. The van der Waals surface area contributed by atoms with Crippen molar-refractivity contribution < 1.29 is 13.7 Å². The molecule has 17 heavy (non-hydrogen) atoms. The monoisotopic (exact) mass is 257 g/mol. The van der Waals surface area contributed by atoms with Gasteiger partial charge < -0.3 is 10.5 Å². The highest BCUT2D eigenvalue weighted by molar-refractivity contribution is 8.01. The van der Waals surface area contributed by atoms with Gasteiger partial charge in [-0.15, -0.1) is 0 Å². The molecular formula is C12H19NO3S. The van der Waals surface area contributed by atoms with Crippen LogP contribution in [0.1, 0.15) is 12.5 Å². The zero-order chi connectivity index (χ0) is 13.1. The Hall–Kier alpha value is -1.36. The summed E-state index contributed by atoms with van der Waals surface area (Å²) in [6.45, 7) is 2.12. The molecule has 0 aliphatic carbocycles. The van der Waals surface area contributed by atoms with E-state index in [2.05, 4.69) is 0 Å². The van der Waals surface area contributed by atoms with Crippen LogP contribution in [0.25, 0.3) is 0 Å². The number of carbonyl (C=O) groups is 1. The number of esters is 1. The molecule has 0 spiro atoms. The predicted molar refractivity (Wildman–Crippen MR) is 70.8 cm³/mol. The van der Waals surface area contributed by atoms with Crippen LogP contribution >= 0.6 is 0 Å². The molecule has 0 saturated heterocycles. The van der Waals surface area contributed by atoms with Gasteiger partial charge in [0.25, 0.3) is 0 Å². The zero-order valence-corrected chi connectivity index (χ0v) is 11.3. The highest BCUT2D eigenvalue weighted by atomic mass is 32.2. The van der Waals surface area contributed by atoms with Gasteiger partial charge in [-0.2, -0.15) is 0 Å². The first-order chi connectivity index (χ1) is 7.84. The van der Waals surface area contributed by atoms with Gasteiger partial charge in [0.15, 0.2) is 0 Å². The second kappa shape index (κ2) is 5.31. The maximum atomic E-state index is 12.0. The molecule has 0 amide bonds. The molecule has 0 aromatic heterocycles. The molecule has 0 heterocycles. The predicted octanol–water partition coefficient (Wildman–Crippen LogP) is 1.01. The summed E-state index contributed by atoms with van der Waals surface area (Å²) in [5, 5.41) is 0. The van der Waals surface area contributed by atoms with Crippen LogP contribution in [-0.2, 0) is 25.9 Å². The van der Waals surface area contributed by atoms with Crippen LogP contribution in [0.3, 0.4) is 0 Å². The Balaban J connectivity index is 2.97. The average Bonchev–Trinajstić information content (AvgIpc) is 2.19. The summed E-state index contributed by atoms with van der Waals surface area (Å²) in [5.41, 5.74) is 7.06. The number of nitrogens with two attached hydrogens (primary N) is 1. The van der Waals surface area contributed by atoms with E-state index < -0.39 is 9.93 Å². The molecule has 0 fully saturated rings. The van der Waals surface area contributed by atoms with E-state index in [0.717, 1.165) is 5.56 Å². The van der Waals surface area contributed by atoms with Crippen molar-refractivity contribution in [3.05, 3.63) is 23.8 Å². The van der Waals surface area contributed by atoms with Crippen molar-refractivity contribution in [1.82, 2.24) is 0 Å². The summed E-state index contributed by atoms with van der Waals surface area (Å²) in [4.78, 5) is 12.0. The Kier molecular flexibility index (Phi) is 4.28. The maximum Gasteiger partial charge on any atom is 0.310 e. The van der Waals surface area contributed by atoms with Crippen molar-refractivity contribution in [3.8, 4) is 0 Å². The topological polar surface area (TPSA) is 69.4 Å². The molecule has 4 nitrogen and oxygen atoms in total. The van der Waals surface area contributed by atoms with Crippen LogP contribution in [0.15, 0.2) is 23.1 Å². The molecule has 0 radical (unpaired) electrons. The highest BCUT2D eigenvalue weighted by Crippen LogP contribution is 2.23. The number of hydrogen-bond acceptors (Lipinski definition) is 4. The van der Waals surface area contributed by atoms with Gasteiger partial charge in [-0.3, -0.25) is 9.00 Å². The normalized spacial score (nSPS) is 12.2. The van der Waals surface area contributed by atoms with E-state index in [0.29, 0.717) is 17.2 Å². The molecule has 1 aromatic rings. The van der Waals surface area contributed by atoms with Gasteiger partial charge in [0.05, 0.1) is 13.0 Å². The number of thiol groups is 1. The van der Waals surface area contributed by atoms with Gasteiger partial charge in [0.1, 0.15) is 0 Å². The Bertz CT molecular complexity index is 465. The second-order valence-electron chi connectivity index (χ2n) is 4.23. The Morgan fingerprint density at radius 3 is 2.59 bits per heavy atom. The first kappa shape index (κ1) is 13.7. The number of nitrogen functional groups attached to an aromatic ring is 1. The van der Waals surface area contributed by atoms with Crippen LogP contribution in [0.5, 0.6) is 0 Å². The zero-order valence-electron chi connectivity index (χ0n) is 10.4. The lowest BCUT2D eigenvalue weighted by Crippen LogP contribution is -2.12. The third-order valence-corrected chi connectivity index (χ3v) is 3.88. The minimum absolute atomic E-state index is 0.182. The van der Waals surface area contributed by atoms with Crippen molar-refractivity contribution in [1.29, 1.82) is 0 Å². The second-order valence-corrected chi connectivity index (χ2v) is 7.41. The third kappa shape index (κ3) is 3.85. The average molecular weight is 257 g/mol. The van der Waals surface area contributed by atoms with Crippen molar-refractivity contribution in [2.45, 2.75) is 18.2 Å². The molecule has 2 N–H and O–H groups in total. The molecule has 0 aliphatic heterocycles. The number of carbonyl (C=O) groups excluding carboxylic acids is 1. The van der Waals surface area contributed by atoms with E-state index in [1.807, 2.05) is 0 Å². The smallest absolute Gasteiger partial charge is 0.310 e. The summed E-state index contributed by atoms with van der Waals surface area (Å²) in [7, 11) is -2.42. The summed E-state index contributed by atoms with van der Waals surface area (Å²) in [5.74, 6) is -0.287. The molecular weight excluding hydrogens is 238 g/mol. The number of benzene rings is 1. The molecule has 1 aromatic carbocycles. The number of ether oxygens (including phenoxy) is 1. The van der Waals surface area contributed by atoms with Crippen molar-refractivity contribution in [3.63, 3.8) is 0 Å². The Morgan fingerprint density at radius 2 is 2.06 bits per heavy atom. The highest BCUT2D eigenvalue weighted by Gasteiger charge is 2.12. The molecule has 0 aliphatic rings. The van der Waals surface area contributed by atoms with E-state index in [1.54, 1.807) is 37.6 Å². The minimum Gasteiger partial charge on any atom is -0.466 e. The van der Waals surface area contributed by atoms with Crippen molar-refractivity contribution >= 4 is 21.6 Å². The molecule has 0 atom stereocenters. The Labute approximate surface area is 103 Å². The van der Waals surface area contributed by atoms with Crippen molar-refractivity contribution in [2.75, 3.05) is 24.9 Å². The van der Waals surface area contributed by atoms with E-state index in [-0.39, 0.29) is 12.4 Å². The van der Waals surface area contributed by atoms with Crippen LogP contribution < -0.4 is 5.73 Å². The first-order valence-electron chi connectivity index (χ1n) is 5.44. The van der Waals surface area contributed by atoms with Gasteiger partial charge in [-0.25, -0.2) is 0 Å². The fourth-order valence-electron chi connectivity index (χ4n) is 1.54. The van der Waals surface area contributed by atoms with E-state index in [1.165, 1.54) is 0 Å². The van der Waals surface area contributed by atoms with E-state index in [9.17, 15) is 9.00 Å². The first-order valence-corrected chi connectivity index (χ1v) is 8.04. The van der Waals surface area contributed by atoms with E-state index >= 15 is 0 Å². The standard InChI is InChI=1S/C12H19NO3S/c1-4-16-12(14)8-9-5-6-10(13)11(7-9)17(2,3)15/h5-7,17H,4,8,13H2,1-3H3. The number of anilines is 1. The summed E-state index contributed by atoms with van der Waals surface area (Å²) in [6, 6.07) is 5.17. The Morgan fingerprint density at radius 1 is 1.41 bits per heavy atom. The number of rotatable bonds is 4. The number of hydrogen-bond donors (Lipinski definition) is 2. The SMILES string of the molecule is CCOC(=O)Cc1ccc(N)c([SH](C)(C)=O)c1. The lowest BCUT2D eigenvalue weighted by molar-refractivity contribution is -0.142. The van der Waals surface area contributed by atoms with Crippen LogP contribution in [0.4, 0.5) is 5.69 Å². The summed E-state index contributed by atoms with van der Waals surface area (Å²) >= 11 is 0. The van der Waals surface area contributed by atoms with E-state index in [4.69, 9.17) is 10.5 Å². The van der Waals surface area contributed by atoms with Gasteiger partial charge in [0.2, 0.25) is 0 Å². The molecule has 1 rings (SSSR count). The molecule has 5 heteroatoms. The fourth-order valence-corrected chi connectivity index (χ4v) is 2.72. The van der Waals surface area contributed by atoms with Gasteiger partial charge in [-0.1, -0.05) is 16.0 Å². The van der Waals surface area contributed by atoms with Crippen molar-refractivity contribution in [2.24, 2.45) is 0 Å².